The van der Waals surface area contributed by atoms with Crippen LogP contribution in [-0.4, -0.2) is 28.6 Å². The highest BCUT2D eigenvalue weighted by atomic mass is 31.2. The van der Waals surface area contributed by atoms with E-state index in [1.54, 1.807) is 0 Å². The minimum absolute atomic E-state index is 1.34. The van der Waals surface area contributed by atoms with Gasteiger partial charge in [0.05, 0.1) is 0 Å². The van der Waals surface area contributed by atoms with Crippen molar-refractivity contribution in [2.45, 2.75) is 56.8 Å². The Labute approximate surface area is 118 Å². The van der Waals surface area contributed by atoms with E-state index < -0.39 is 31.0 Å². The second-order valence-electron chi connectivity index (χ2n) is 4.01. The molecule has 0 heterocycles. The Bertz CT molecular complexity index is 355. The summed E-state index contributed by atoms with van der Waals surface area (Å²) in [5, 5.41) is 0. The Balaban J connectivity index is 0. The average molecular weight is 374 g/mol. The van der Waals surface area contributed by atoms with Crippen LogP contribution in [0.1, 0.15) is 33.1 Å². The molecule has 0 rings (SSSR count). The molecule has 0 atom stereocenters. The van der Waals surface area contributed by atoms with Crippen molar-refractivity contribution in [2.75, 3.05) is 0 Å². The topological polar surface area (TPSA) is 37.3 Å². The van der Waals surface area contributed by atoms with E-state index >= 15 is 0 Å². The Kier molecular flexibility index (Phi) is 7.96. The van der Waals surface area contributed by atoms with Gasteiger partial charge in [-0.3, -0.25) is 4.57 Å². The van der Waals surface area contributed by atoms with Crippen molar-refractivity contribution in [3.8, 4) is 0 Å². The molecule has 0 saturated carbocycles. The van der Waals surface area contributed by atoms with Crippen molar-refractivity contribution in [1.82, 2.24) is 0 Å². The fourth-order valence-corrected chi connectivity index (χ4v) is 1.91. The summed E-state index contributed by atoms with van der Waals surface area (Å²) in [6.07, 6.45) is -9.97. The molecule has 2 nitrogen and oxygen atoms in total. The molecule has 0 fully saturated rings. The lowest BCUT2D eigenvalue weighted by atomic mass is 10.3. The molecule has 0 aliphatic rings. The molecule has 0 saturated heterocycles. The van der Waals surface area contributed by atoms with E-state index in [4.69, 9.17) is 4.89 Å². The predicted octanol–water partition coefficient (Wildman–Crippen LogP) is 5.76. The molecule has 0 bridgehead atoms. The zero-order valence-electron chi connectivity index (χ0n) is 11.2. The average Bonchev–Trinajstić information content (AvgIpc) is 2.27. The third-order valence-corrected chi connectivity index (χ3v) is 4.18. The maximum Gasteiger partial charge on any atom is 0.463 e. The molecule has 0 unspecified atom stereocenters. The fraction of sp³-hybridized carbons (Fsp3) is 1.00. The van der Waals surface area contributed by atoms with Gasteiger partial charge in [-0.2, -0.15) is 43.9 Å². The Hall–Kier alpha value is -0.510. The molecule has 0 spiro atoms. The summed E-state index contributed by atoms with van der Waals surface area (Å²) in [4.78, 5) is 7.86. The quantitative estimate of drug-likeness (QED) is 0.502. The first kappa shape index (κ1) is 23.8. The van der Waals surface area contributed by atoms with Gasteiger partial charge in [0, 0.05) is 0 Å². The normalized spacial score (nSPS) is 14.4. The molecule has 13 heteroatoms. The number of hydrogen-bond donors (Lipinski definition) is 1. The Morgan fingerprint density at radius 1 is 0.727 bits per heavy atom. The van der Waals surface area contributed by atoms with Crippen LogP contribution in [0.25, 0.3) is 0 Å². The zero-order chi connectivity index (χ0) is 18.6. The van der Waals surface area contributed by atoms with E-state index in [2.05, 4.69) is 13.8 Å². The van der Waals surface area contributed by atoms with E-state index in [-0.39, 0.29) is 0 Å². The summed E-state index contributed by atoms with van der Waals surface area (Å²) >= 11 is 0. The van der Waals surface area contributed by atoms with Crippen molar-refractivity contribution in [3.63, 3.8) is 0 Å². The van der Waals surface area contributed by atoms with Crippen molar-refractivity contribution in [1.29, 1.82) is 0 Å². The minimum Gasteiger partial charge on any atom is -0.336 e. The van der Waals surface area contributed by atoms with Crippen LogP contribution in [0, 0.1) is 0 Å². The van der Waals surface area contributed by atoms with E-state index in [1.165, 1.54) is 19.3 Å². The van der Waals surface area contributed by atoms with Gasteiger partial charge >= 0.3 is 31.0 Å². The van der Waals surface area contributed by atoms with E-state index in [0.717, 1.165) is 0 Å². The van der Waals surface area contributed by atoms with E-state index in [9.17, 15) is 48.5 Å². The lowest BCUT2D eigenvalue weighted by molar-refractivity contribution is -0.270. The molecule has 0 radical (unpaired) electrons. The molecule has 0 aromatic carbocycles. The van der Waals surface area contributed by atoms with Crippen LogP contribution in [0.15, 0.2) is 0 Å². The second-order valence-corrected chi connectivity index (χ2v) is 6.28. The highest BCUT2D eigenvalue weighted by Crippen LogP contribution is 2.74. The highest BCUT2D eigenvalue weighted by molar-refractivity contribution is 7.60. The van der Waals surface area contributed by atoms with Gasteiger partial charge in [-0.25, -0.2) is 0 Å². The molecule has 0 amide bonds. The van der Waals surface area contributed by atoms with Crippen LogP contribution >= 0.6 is 7.37 Å². The number of hydrogen-bond acceptors (Lipinski definition) is 1. The smallest absolute Gasteiger partial charge is 0.336 e. The molecular formula is C9H13F10O2P. The monoisotopic (exact) mass is 374 g/mol. The lowest BCUT2D eigenvalue weighted by Gasteiger charge is -2.30. The standard InChI is InChI=1S/C5H12.C4HF10O2P/c1-3-5-4-2;5-1(6,7)3(11,12)17(15,16)4(13,14)2(8,9)10/h3-5H2,1-2H3;(H,15,16). The summed E-state index contributed by atoms with van der Waals surface area (Å²) in [5.41, 5.74) is -14.2. The summed E-state index contributed by atoms with van der Waals surface area (Å²) in [7, 11) is -8.26. The number of alkyl halides is 10. The van der Waals surface area contributed by atoms with Gasteiger partial charge in [0.25, 0.3) is 0 Å². The molecule has 0 aliphatic carbocycles. The third kappa shape index (κ3) is 4.74. The number of halogens is 10. The minimum atomic E-state index is -8.26. The summed E-state index contributed by atoms with van der Waals surface area (Å²) in [5.74, 6) is 0. The molecule has 0 aromatic heterocycles. The van der Waals surface area contributed by atoms with E-state index in [1.807, 2.05) is 0 Å². The lowest BCUT2D eigenvalue weighted by Crippen LogP contribution is -2.47. The Morgan fingerprint density at radius 2 is 0.955 bits per heavy atom. The van der Waals surface area contributed by atoms with Crippen molar-refractivity contribution in [2.24, 2.45) is 0 Å². The van der Waals surface area contributed by atoms with Gasteiger partial charge in [-0.05, 0) is 0 Å². The van der Waals surface area contributed by atoms with Crippen molar-refractivity contribution < 1.29 is 53.4 Å². The number of unbranched alkanes of at least 4 members (excludes halogenated alkanes) is 2. The van der Waals surface area contributed by atoms with Crippen molar-refractivity contribution in [3.05, 3.63) is 0 Å². The molecule has 0 aromatic rings. The highest BCUT2D eigenvalue weighted by Gasteiger charge is 2.83. The van der Waals surface area contributed by atoms with Crippen LogP contribution in [0.4, 0.5) is 43.9 Å². The van der Waals surface area contributed by atoms with Crippen LogP contribution < -0.4 is 0 Å². The molecule has 136 valence electrons. The maximum absolute atomic E-state index is 12.1. The van der Waals surface area contributed by atoms with Crippen LogP contribution in [0.2, 0.25) is 0 Å². The van der Waals surface area contributed by atoms with Crippen LogP contribution in [-0.2, 0) is 4.57 Å². The molecular weight excluding hydrogens is 361 g/mol. The van der Waals surface area contributed by atoms with Gasteiger partial charge in [0.1, 0.15) is 0 Å². The summed E-state index contributed by atoms with van der Waals surface area (Å²) in [6, 6.07) is 0. The Morgan fingerprint density at radius 3 is 1.05 bits per heavy atom. The fourth-order valence-electron chi connectivity index (χ4n) is 0.874. The van der Waals surface area contributed by atoms with E-state index in [0.29, 0.717) is 0 Å². The predicted molar refractivity (Wildman–Crippen MR) is 57.0 cm³/mol. The van der Waals surface area contributed by atoms with Crippen LogP contribution in [0.3, 0.4) is 0 Å². The largest absolute Gasteiger partial charge is 0.463 e. The van der Waals surface area contributed by atoms with Gasteiger partial charge in [0.2, 0.25) is 0 Å². The molecule has 0 aliphatic heterocycles. The third-order valence-electron chi connectivity index (χ3n) is 2.15. The zero-order valence-corrected chi connectivity index (χ0v) is 12.1. The van der Waals surface area contributed by atoms with Gasteiger partial charge < -0.3 is 4.89 Å². The first-order valence-corrected chi connectivity index (χ1v) is 7.29. The van der Waals surface area contributed by atoms with Gasteiger partial charge in [-0.1, -0.05) is 33.1 Å². The van der Waals surface area contributed by atoms with Gasteiger partial charge in [-0.15, -0.1) is 0 Å². The molecule has 1 N–H and O–H groups in total. The van der Waals surface area contributed by atoms with Crippen molar-refractivity contribution >= 4 is 7.37 Å². The van der Waals surface area contributed by atoms with Crippen LogP contribution in [0.5, 0.6) is 0 Å². The summed E-state index contributed by atoms with van der Waals surface area (Å²) < 4.78 is 127. The maximum atomic E-state index is 12.1. The SMILES string of the molecule is CCCCC.O=P(O)(C(F)(F)C(F)(F)F)C(F)(F)C(F)(F)F. The first-order chi connectivity index (χ1) is 9.41. The number of rotatable bonds is 4. The second kappa shape index (κ2) is 7.37. The first-order valence-electron chi connectivity index (χ1n) is 5.63. The summed E-state index contributed by atoms with van der Waals surface area (Å²) in [6.45, 7) is 4.42. The van der Waals surface area contributed by atoms with Gasteiger partial charge in [0.15, 0.2) is 0 Å². The molecule has 22 heavy (non-hydrogen) atoms.